The van der Waals surface area contributed by atoms with Crippen LogP contribution in [0.2, 0.25) is 5.02 Å². The van der Waals surface area contributed by atoms with Gasteiger partial charge in [-0.1, -0.05) is 23.7 Å². The van der Waals surface area contributed by atoms with Crippen LogP contribution in [0, 0.1) is 6.92 Å². The van der Waals surface area contributed by atoms with E-state index in [-0.39, 0.29) is 0 Å². The fourth-order valence-corrected chi connectivity index (χ4v) is 1.91. The first-order valence-corrected chi connectivity index (χ1v) is 6.91. The molecule has 0 aliphatic rings. The lowest BCUT2D eigenvalue weighted by Gasteiger charge is -2.12. The van der Waals surface area contributed by atoms with E-state index in [0.717, 1.165) is 16.9 Å². The highest BCUT2D eigenvalue weighted by molar-refractivity contribution is 6.31. The standard InChI is InChI=1S/C14H15ClN2O.CH4N2O/c1-10-5-3-8-14(17-10)18-9-11-12(15)6-4-7-13(11)16-2;2-3-1-4/h3-8,16H,9H2,1-2H3;1H,2H2,(H,3,4). The van der Waals surface area contributed by atoms with Gasteiger partial charge in [0.2, 0.25) is 12.3 Å². The number of benzene rings is 1. The third kappa shape index (κ3) is 5.59. The number of pyridine rings is 1. The zero-order valence-electron chi connectivity index (χ0n) is 12.5. The first kappa shape index (κ1) is 17.7. The third-order valence-corrected chi connectivity index (χ3v) is 3.04. The van der Waals surface area contributed by atoms with E-state index in [1.54, 1.807) is 5.43 Å². The molecule has 1 aromatic heterocycles. The van der Waals surface area contributed by atoms with Gasteiger partial charge in [-0.25, -0.2) is 10.8 Å². The Morgan fingerprint density at radius 2 is 2.00 bits per heavy atom. The van der Waals surface area contributed by atoms with E-state index in [9.17, 15) is 0 Å². The zero-order valence-corrected chi connectivity index (χ0v) is 13.2. The van der Waals surface area contributed by atoms with Crippen LogP contribution >= 0.6 is 11.6 Å². The van der Waals surface area contributed by atoms with Crippen molar-refractivity contribution in [3.63, 3.8) is 0 Å². The molecule has 0 unspecified atom stereocenters. The monoisotopic (exact) mass is 322 g/mol. The van der Waals surface area contributed by atoms with E-state index in [1.807, 2.05) is 50.4 Å². The maximum Gasteiger partial charge on any atom is 0.221 e. The minimum atomic E-state index is 0.395. The van der Waals surface area contributed by atoms with Gasteiger partial charge in [-0.3, -0.25) is 10.2 Å². The zero-order chi connectivity index (χ0) is 16.4. The van der Waals surface area contributed by atoms with Crippen molar-refractivity contribution in [2.45, 2.75) is 13.5 Å². The molecule has 0 atom stereocenters. The maximum absolute atomic E-state index is 8.94. The molecule has 22 heavy (non-hydrogen) atoms. The number of ether oxygens (including phenoxy) is 1. The summed E-state index contributed by atoms with van der Waals surface area (Å²) in [6, 6.07) is 11.4. The Labute approximate surface area is 134 Å². The van der Waals surface area contributed by atoms with Gasteiger partial charge in [-0.05, 0) is 25.1 Å². The lowest BCUT2D eigenvalue weighted by atomic mass is 10.2. The summed E-state index contributed by atoms with van der Waals surface area (Å²) in [4.78, 5) is 13.2. The van der Waals surface area contributed by atoms with Crippen molar-refractivity contribution in [1.82, 2.24) is 10.4 Å². The second-order valence-corrected chi connectivity index (χ2v) is 4.61. The SMILES string of the molecule is CNc1cccc(Cl)c1COc1cccc(C)n1.NNC=O. The lowest BCUT2D eigenvalue weighted by molar-refractivity contribution is -0.109. The predicted molar refractivity (Wildman–Crippen MR) is 87.7 cm³/mol. The molecule has 2 aromatic rings. The van der Waals surface area contributed by atoms with E-state index >= 15 is 0 Å². The Kier molecular flexibility index (Phi) is 7.74. The number of carbonyl (C=O) groups excluding carboxylic acids is 1. The van der Waals surface area contributed by atoms with Gasteiger partial charge < -0.3 is 10.1 Å². The van der Waals surface area contributed by atoms with E-state index in [0.29, 0.717) is 23.9 Å². The second-order valence-electron chi connectivity index (χ2n) is 4.21. The van der Waals surface area contributed by atoms with Crippen molar-refractivity contribution in [1.29, 1.82) is 0 Å². The largest absolute Gasteiger partial charge is 0.473 e. The minimum absolute atomic E-state index is 0.395. The van der Waals surface area contributed by atoms with Gasteiger partial charge in [0, 0.05) is 35.1 Å². The van der Waals surface area contributed by atoms with E-state index in [2.05, 4.69) is 16.1 Å². The molecule has 1 aromatic carbocycles. The Bertz CT molecular complexity index is 608. The van der Waals surface area contributed by atoms with Crippen LogP contribution < -0.4 is 21.3 Å². The Morgan fingerprint density at radius 1 is 1.32 bits per heavy atom. The fourth-order valence-electron chi connectivity index (χ4n) is 1.68. The van der Waals surface area contributed by atoms with Gasteiger partial charge in [-0.2, -0.15) is 0 Å². The van der Waals surface area contributed by atoms with E-state index in [4.69, 9.17) is 21.1 Å². The number of hydrogen-bond acceptors (Lipinski definition) is 5. The summed E-state index contributed by atoms with van der Waals surface area (Å²) in [5, 5.41) is 3.79. The average Bonchev–Trinajstić information content (AvgIpc) is 2.53. The van der Waals surface area contributed by atoms with Crippen molar-refractivity contribution in [2.24, 2.45) is 5.84 Å². The van der Waals surface area contributed by atoms with Gasteiger partial charge in [-0.15, -0.1) is 0 Å². The van der Waals surface area contributed by atoms with Crippen LogP contribution in [0.3, 0.4) is 0 Å². The number of rotatable bonds is 5. The summed E-state index contributed by atoms with van der Waals surface area (Å²) in [5.74, 6) is 5.02. The highest BCUT2D eigenvalue weighted by Crippen LogP contribution is 2.25. The van der Waals surface area contributed by atoms with Crippen molar-refractivity contribution in [3.05, 3.63) is 52.7 Å². The number of carbonyl (C=O) groups is 1. The molecule has 1 heterocycles. The number of nitrogens with two attached hydrogens (primary N) is 1. The number of aromatic nitrogens is 1. The number of hydrogen-bond donors (Lipinski definition) is 3. The predicted octanol–water partition coefficient (Wildman–Crippen LogP) is 2.27. The molecule has 0 saturated carbocycles. The molecule has 0 radical (unpaired) electrons. The molecule has 0 saturated heterocycles. The minimum Gasteiger partial charge on any atom is -0.473 e. The molecule has 4 N–H and O–H groups in total. The highest BCUT2D eigenvalue weighted by atomic mass is 35.5. The molecule has 6 nitrogen and oxygen atoms in total. The van der Waals surface area contributed by atoms with Crippen LogP contribution in [0.1, 0.15) is 11.3 Å². The number of aryl methyl sites for hydroxylation is 1. The normalized spacial score (nSPS) is 9.27. The summed E-state index contributed by atoms with van der Waals surface area (Å²) < 4.78 is 5.66. The van der Waals surface area contributed by atoms with E-state index < -0.39 is 0 Å². The summed E-state index contributed by atoms with van der Waals surface area (Å²) >= 11 is 6.17. The fraction of sp³-hybridized carbons (Fsp3) is 0.200. The molecule has 2 rings (SSSR count). The van der Waals surface area contributed by atoms with Crippen molar-refractivity contribution >= 4 is 23.7 Å². The quantitative estimate of drug-likeness (QED) is 0.340. The first-order chi connectivity index (χ1) is 10.6. The second kappa shape index (κ2) is 9.59. The molecule has 0 bridgehead atoms. The summed E-state index contributed by atoms with van der Waals surface area (Å²) in [7, 11) is 1.86. The third-order valence-electron chi connectivity index (χ3n) is 2.68. The van der Waals surface area contributed by atoms with Gasteiger partial charge in [0.05, 0.1) is 0 Å². The molecular formula is C15H19ClN4O2. The van der Waals surface area contributed by atoms with Crippen molar-refractivity contribution < 1.29 is 9.53 Å². The summed E-state index contributed by atoms with van der Waals surface area (Å²) in [5.41, 5.74) is 4.58. The van der Waals surface area contributed by atoms with Gasteiger partial charge in [0.1, 0.15) is 6.61 Å². The first-order valence-electron chi connectivity index (χ1n) is 6.53. The molecule has 118 valence electrons. The summed E-state index contributed by atoms with van der Waals surface area (Å²) in [6.07, 6.45) is 0.403. The number of anilines is 1. The lowest BCUT2D eigenvalue weighted by Crippen LogP contribution is -2.18. The van der Waals surface area contributed by atoms with Crippen LogP contribution in [0.15, 0.2) is 36.4 Å². The number of halogens is 1. The van der Waals surface area contributed by atoms with E-state index in [1.165, 1.54) is 0 Å². The van der Waals surface area contributed by atoms with Crippen molar-refractivity contribution in [2.75, 3.05) is 12.4 Å². The Balaban J connectivity index is 0.000000541. The summed E-state index contributed by atoms with van der Waals surface area (Å²) in [6.45, 7) is 2.33. The van der Waals surface area contributed by atoms with Gasteiger partial charge >= 0.3 is 0 Å². The topological polar surface area (TPSA) is 89.3 Å². The van der Waals surface area contributed by atoms with Crippen LogP contribution in [0.25, 0.3) is 0 Å². The van der Waals surface area contributed by atoms with Crippen LogP contribution in [0.4, 0.5) is 5.69 Å². The molecule has 7 heteroatoms. The number of nitrogens with one attached hydrogen (secondary N) is 2. The number of nitrogens with zero attached hydrogens (tertiary/aromatic N) is 1. The Morgan fingerprint density at radius 3 is 2.59 bits per heavy atom. The maximum atomic E-state index is 8.94. The van der Waals surface area contributed by atoms with Gasteiger partial charge in [0.15, 0.2) is 0 Å². The molecular weight excluding hydrogens is 304 g/mol. The van der Waals surface area contributed by atoms with Crippen LogP contribution in [0.5, 0.6) is 5.88 Å². The Hall–Kier alpha value is -2.31. The smallest absolute Gasteiger partial charge is 0.221 e. The van der Waals surface area contributed by atoms with Crippen molar-refractivity contribution in [3.8, 4) is 5.88 Å². The molecule has 0 fully saturated rings. The number of amides is 1. The molecule has 1 amide bonds. The van der Waals surface area contributed by atoms with Crippen LogP contribution in [-0.2, 0) is 11.4 Å². The number of hydrazine groups is 1. The molecule has 0 aliphatic heterocycles. The highest BCUT2D eigenvalue weighted by Gasteiger charge is 2.07. The van der Waals surface area contributed by atoms with Gasteiger partial charge in [0.25, 0.3) is 0 Å². The van der Waals surface area contributed by atoms with Crippen LogP contribution in [-0.4, -0.2) is 18.4 Å². The average molecular weight is 323 g/mol. The molecule has 0 spiro atoms. The molecule has 0 aliphatic carbocycles.